The highest BCUT2D eigenvalue weighted by Gasteiger charge is 2.24. The minimum absolute atomic E-state index is 0.119. The fourth-order valence-corrected chi connectivity index (χ4v) is 3.29. The lowest BCUT2D eigenvalue weighted by molar-refractivity contribution is -0.118. The van der Waals surface area contributed by atoms with E-state index in [1.807, 2.05) is 37.3 Å². The Labute approximate surface area is 153 Å². The predicted octanol–water partition coefficient (Wildman–Crippen LogP) is 3.15. The van der Waals surface area contributed by atoms with Gasteiger partial charge in [0.05, 0.1) is 12.8 Å². The van der Waals surface area contributed by atoms with Gasteiger partial charge in [0.1, 0.15) is 0 Å². The minimum atomic E-state index is -3.54. The third-order valence-corrected chi connectivity index (χ3v) is 5.19. The van der Waals surface area contributed by atoms with Crippen molar-refractivity contribution in [1.82, 2.24) is 4.31 Å². The van der Waals surface area contributed by atoms with Crippen LogP contribution in [-0.2, 0) is 21.4 Å². The van der Waals surface area contributed by atoms with Gasteiger partial charge in [-0.25, -0.2) is 8.42 Å². The van der Waals surface area contributed by atoms with Crippen LogP contribution in [0.25, 0.3) is 0 Å². The van der Waals surface area contributed by atoms with Crippen molar-refractivity contribution in [3.63, 3.8) is 0 Å². The van der Waals surface area contributed by atoms with E-state index in [1.54, 1.807) is 29.2 Å². The van der Waals surface area contributed by atoms with E-state index in [0.29, 0.717) is 11.6 Å². The number of halogens is 1. The molecule has 5 nitrogen and oxygen atoms in total. The topological polar surface area (TPSA) is 57.7 Å². The van der Waals surface area contributed by atoms with Crippen LogP contribution < -0.4 is 4.90 Å². The summed E-state index contributed by atoms with van der Waals surface area (Å²) in [7, 11) is -3.54. The number of benzene rings is 2. The first-order valence-electron chi connectivity index (χ1n) is 7.86. The number of carbonyl (C=O) groups is 1. The van der Waals surface area contributed by atoms with Crippen molar-refractivity contribution in [3.8, 4) is 0 Å². The number of hydrogen-bond acceptors (Lipinski definition) is 3. The van der Waals surface area contributed by atoms with Crippen LogP contribution in [0.15, 0.2) is 54.6 Å². The summed E-state index contributed by atoms with van der Waals surface area (Å²) in [6, 6.07) is 16.1. The number of likely N-dealkylation sites (N-methyl/N-ethyl adjacent to an activating group) is 1. The van der Waals surface area contributed by atoms with Crippen LogP contribution in [0.4, 0.5) is 5.69 Å². The summed E-state index contributed by atoms with van der Waals surface area (Å²) in [5.41, 5.74) is 1.51. The Morgan fingerprint density at radius 2 is 1.64 bits per heavy atom. The van der Waals surface area contributed by atoms with Gasteiger partial charge in [0.2, 0.25) is 15.9 Å². The lowest BCUT2D eigenvalue weighted by atomic mass is 10.2. The number of para-hydroxylation sites is 1. The first kappa shape index (κ1) is 19.4. The van der Waals surface area contributed by atoms with Gasteiger partial charge in [-0.05, 0) is 36.8 Å². The van der Waals surface area contributed by atoms with Crippen molar-refractivity contribution in [2.75, 3.05) is 24.2 Å². The van der Waals surface area contributed by atoms with E-state index >= 15 is 0 Å². The largest absolute Gasteiger partial charge is 0.312 e. The Balaban J connectivity index is 2.18. The Kier molecular flexibility index (Phi) is 6.58. The SMILES string of the molecule is CCN(C(=O)CN(Cc1ccc(Cl)cc1)S(C)(=O)=O)c1ccccc1. The second-order valence-corrected chi connectivity index (χ2v) is 8.05. The van der Waals surface area contributed by atoms with Crippen molar-refractivity contribution >= 4 is 33.2 Å². The van der Waals surface area contributed by atoms with Gasteiger partial charge >= 0.3 is 0 Å². The summed E-state index contributed by atoms with van der Waals surface area (Å²) >= 11 is 5.86. The van der Waals surface area contributed by atoms with Gasteiger partial charge in [-0.2, -0.15) is 4.31 Å². The molecule has 0 radical (unpaired) electrons. The molecule has 0 aliphatic carbocycles. The molecule has 0 aromatic heterocycles. The van der Waals surface area contributed by atoms with E-state index in [4.69, 9.17) is 11.6 Å². The van der Waals surface area contributed by atoms with Crippen molar-refractivity contribution in [3.05, 3.63) is 65.2 Å². The van der Waals surface area contributed by atoms with Crippen LogP contribution in [-0.4, -0.2) is 38.0 Å². The number of amides is 1. The van der Waals surface area contributed by atoms with Gasteiger partial charge in [0.15, 0.2) is 0 Å². The molecule has 0 saturated carbocycles. The summed E-state index contributed by atoms with van der Waals surface area (Å²) in [6.07, 6.45) is 1.11. The molecule has 1 amide bonds. The smallest absolute Gasteiger partial charge is 0.242 e. The van der Waals surface area contributed by atoms with E-state index in [1.165, 1.54) is 4.31 Å². The average Bonchev–Trinajstić information content (AvgIpc) is 2.57. The third-order valence-electron chi connectivity index (χ3n) is 3.74. The summed E-state index contributed by atoms with van der Waals surface area (Å²) in [5, 5.41) is 0.576. The van der Waals surface area contributed by atoms with Crippen LogP contribution >= 0.6 is 11.6 Å². The zero-order chi connectivity index (χ0) is 18.4. The molecular formula is C18H21ClN2O3S. The van der Waals surface area contributed by atoms with Gasteiger partial charge in [-0.15, -0.1) is 0 Å². The molecule has 2 aromatic rings. The first-order chi connectivity index (χ1) is 11.8. The van der Waals surface area contributed by atoms with Crippen molar-refractivity contribution in [2.24, 2.45) is 0 Å². The molecule has 0 N–H and O–H groups in total. The number of anilines is 1. The van der Waals surface area contributed by atoms with Gasteiger partial charge in [0.25, 0.3) is 0 Å². The molecule has 25 heavy (non-hydrogen) atoms. The normalized spacial score (nSPS) is 11.5. The molecule has 0 saturated heterocycles. The number of nitrogens with zero attached hydrogens (tertiary/aromatic N) is 2. The molecule has 0 unspecified atom stereocenters. The van der Waals surface area contributed by atoms with E-state index in [-0.39, 0.29) is 19.0 Å². The zero-order valence-electron chi connectivity index (χ0n) is 14.2. The summed E-state index contributed by atoms with van der Waals surface area (Å²) in [4.78, 5) is 14.2. The maximum Gasteiger partial charge on any atom is 0.242 e. The fraction of sp³-hybridized carbons (Fsp3) is 0.278. The molecular weight excluding hydrogens is 360 g/mol. The first-order valence-corrected chi connectivity index (χ1v) is 10.1. The predicted molar refractivity (Wildman–Crippen MR) is 101 cm³/mol. The Morgan fingerprint density at radius 3 is 2.16 bits per heavy atom. The Morgan fingerprint density at radius 1 is 1.04 bits per heavy atom. The van der Waals surface area contributed by atoms with Crippen LogP contribution in [0.2, 0.25) is 5.02 Å². The average molecular weight is 381 g/mol. The molecule has 0 aliphatic rings. The number of carbonyl (C=O) groups excluding carboxylic acids is 1. The Bertz CT molecular complexity index is 808. The van der Waals surface area contributed by atoms with Gasteiger partial charge in [0, 0.05) is 23.8 Å². The maximum absolute atomic E-state index is 12.7. The van der Waals surface area contributed by atoms with E-state index < -0.39 is 10.0 Å². The van der Waals surface area contributed by atoms with Crippen LogP contribution in [0.5, 0.6) is 0 Å². The van der Waals surface area contributed by atoms with Gasteiger partial charge in [-0.3, -0.25) is 4.79 Å². The zero-order valence-corrected chi connectivity index (χ0v) is 15.8. The van der Waals surface area contributed by atoms with Crippen LogP contribution in [0, 0.1) is 0 Å². The molecule has 0 spiro atoms. The second kappa shape index (κ2) is 8.47. The lowest BCUT2D eigenvalue weighted by Crippen LogP contribution is -2.42. The standard InChI is InChI=1S/C18H21ClN2O3S/c1-3-21(17-7-5-4-6-8-17)18(22)14-20(25(2,23)24)13-15-9-11-16(19)12-10-15/h4-12H,3,13-14H2,1-2H3. The van der Waals surface area contributed by atoms with Crippen molar-refractivity contribution in [1.29, 1.82) is 0 Å². The highest BCUT2D eigenvalue weighted by molar-refractivity contribution is 7.88. The van der Waals surface area contributed by atoms with Gasteiger partial charge in [-0.1, -0.05) is 41.9 Å². The summed E-state index contributed by atoms with van der Waals surface area (Å²) < 4.78 is 25.4. The van der Waals surface area contributed by atoms with Crippen LogP contribution in [0.3, 0.4) is 0 Å². The highest BCUT2D eigenvalue weighted by atomic mass is 35.5. The summed E-state index contributed by atoms with van der Waals surface area (Å²) in [6.45, 7) is 2.22. The van der Waals surface area contributed by atoms with Crippen LogP contribution in [0.1, 0.15) is 12.5 Å². The molecule has 7 heteroatoms. The fourth-order valence-electron chi connectivity index (χ4n) is 2.43. The molecule has 2 aromatic carbocycles. The Hall–Kier alpha value is -1.89. The van der Waals surface area contributed by atoms with Crippen molar-refractivity contribution in [2.45, 2.75) is 13.5 Å². The van der Waals surface area contributed by atoms with Crippen molar-refractivity contribution < 1.29 is 13.2 Å². The lowest BCUT2D eigenvalue weighted by Gasteiger charge is -2.25. The van der Waals surface area contributed by atoms with E-state index in [0.717, 1.165) is 17.5 Å². The molecule has 0 atom stereocenters. The highest BCUT2D eigenvalue weighted by Crippen LogP contribution is 2.16. The third kappa shape index (κ3) is 5.56. The van der Waals surface area contributed by atoms with Gasteiger partial charge < -0.3 is 4.90 Å². The minimum Gasteiger partial charge on any atom is -0.312 e. The number of sulfonamides is 1. The van der Waals surface area contributed by atoms with E-state index in [9.17, 15) is 13.2 Å². The molecule has 134 valence electrons. The monoisotopic (exact) mass is 380 g/mol. The van der Waals surface area contributed by atoms with E-state index in [2.05, 4.69) is 0 Å². The molecule has 2 rings (SSSR count). The number of hydrogen-bond donors (Lipinski definition) is 0. The summed E-state index contributed by atoms with van der Waals surface area (Å²) in [5.74, 6) is -0.270. The molecule has 0 fully saturated rings. The molecule has 0 heterocycles. The molecule has 0 bridgehead atoms. The number of rotatable bonds is 7. The quantitative estimate of drug-likeness (QED) is 0.741. The molecule has 0 aliphatic heterocycles. The maximum atomic E-state index is 12.7. The second-order valence-electron chi connectivity index (χ2n) is 5.63.